The molecule has 0 aliphatic carbocycles. The highest BCUT2D eigenvalue weighted by Gasteiger charge is 2.33. The van der Waals surface area contributed by atoms with Gasteiger partial charge in [0.2, 0.25) is 5.91 Å². The number of carbonyl (C=O) groups excluding carboxylic acids is 1. The van der Waals surface area contributed by atoms with Crippen molar-refractivity contribution in [1.29, 1.82) is 0 Å². The van der Waals surface area contributed by atoms with E-state index in [9.17, 15) is 14.9 Å². The van der Waals surface area contributed by atoms with Crippen LogP contribution in [-0.2, 0) is 4.79 Å². The van der Waals surface area contributed by atoms with Crippen LogP contribution in [0.1, 0.15) is 42.9 Å². The topological polar surface area (TPSA) is 63.4 Å². The predicted octanol–water partition coefficient (Wildman–Crippen LogP) is 4.06. The molecule has 0 bridgehead atoms. The van der Waals surface area contributed by atoms with Gasteiger partial charge in [0.25, 0.3) is 5.69 Å². The maximum absolute atomic E-state index is 13.0. The molecule has 0 saturated carbocycles. The molecule has 1 aliphatic rings. The molecule has 0 N–H and O–H groups in total. The zero-order chi connectivity index (χ0) is 17.1. The second-order valence-corrected chi connectivity index (χ2v) is 6.16. The molecule has 124 valence electrons. The monoisotopic (exact) mass is 324 g/mol. The van der Waals surface area contributed by atoms with Crippen LogP contribution < -0.4 is 0 Å². The van der Waals surface area contributed by atoms with Gasteiger partial charge in [-0.25, -0.2) is 0 Å². The van der Waals surface area contributed by atoms with Gasteiger partial charge in [0.15, 0.2) is 0 Å². The number of carbonyl (C=O) groups is 1. The fourth-order valence-corrected chi connectivity index (χ4v) is 3.33. The molecule has 1 amide bonds. The smallest absolute Gasteiger partial charge is 0.269 e. The molecule has 24 heavy (non-hydrogen) atoms. The highest BCUT2D eigenvalue weighted by atomic mass is 16.6. The number of nitro groups is 1. The Morgan fingerprint density at radius 2 is 1.79 bits per heavy atom. The van der Waals surface area contributed by atoms with Gasteiger partial charge in [-0.05, 0) is 30.9 Å². The van der Waals surface area contributed by atoms with Crippen LogP contribution in [0.5, 0.6) is 0 Å². The minimum atomic E-state index is -0.420. The summed E-state index contributed by atoms with van der Waals surface area (Å²) in [4.78, 5) is 25.2. The highest BCUT2D eigenvalue weighted by molar-refractivity contribution is 5.85. The summed E-state index contributed by atoms with van der Waals surface area (Å²) in [5.74, 6) is -0.114. The molecule has 0 spiro atoms. The summed E-state index contributed by atoms with van der Waals surface area (Å²) >= 11 is 0. The van der Waals surface area contributed by atoms with E-state index in [0.717, 1.165) is 30.5 Å². The summed E-state index contributed by atoms with van der Waals surface area (Å²) in [7, 11) is 0. The molecule has 0 radical (unpaired) electrons. The standard InChI is InChI=1S/C19H20N2O3/c1-14(15-6-3-2-4-7-15)20-13-5-8-18(19(20)22)16-9-11-17(12-10-16)21(23)24/h2-4,6-7,9-12,14,18H,5,8,13H2,1H3/t14-,18?/m0/s1. The Labute approximate surface area is 141 Å². The second kappa shape index (κ2) is 6.83. The molecule has 0 aromatic heterocycles. The maximum atomic E-state index is 13.0. The number of nitrogens with zero attached hydrogens (tertiary/aromatic N) is 2. The molecule has 5 nitrogen and oxygen atoms in total. The Morgan fingerprint density at radius 1 is 1.12 bits per heavy atom. The molecule has 2 atom stereocenters. The van der Waals surface area contributed by atoms with E-state index < -0.39 is 4.92 Å². The third kappa shape index (κ3) is 3.15. The van der Waals surface area contributed by atoms with Gasteiger partial charge < -0.3 is 4.90 Å². The minimum absolute atomic E-state index is 0.0274. The molecule has 5 heteroatoms. The Kier molecular flexibility index (Phi) is 4.60. The van der Waals surface area contributed by atoms with Gasteiger partial charge in [-0.1, -0.05) is 42.5 Å². The lowest BCUT2D eigenvalue weighted by Gasteiger charge is -2.37. The van der Waals surface area contributed by atoms with Crippen LogP contribution >= 0.6 is 0 Å². The van der Waals surface area contributed by atoms with Crippen molar-refractivity contribution < 1.29 is 9.72 Å². The normalized spacial score (nSPS) is 19.1. The van der Waals surface area contributed by atoms with Crippen molar-refractivity contribution in [3.63, 3.8) is 0 Å². The SMILES string of the molecule is C[C@@H](c1ccccc1)N1CCCC(c2ccc([N+](=O)[O-])cc2)C1=O. The second-order valence-electron chi connectivity index (χ2n) is 6.16. The van der Waals surface area contributed by atoms with E-state index in [0.29, 0.717) is 0 Å². The van der Waals surface area contributed by atoms with Crippen molar-refractivity contribution in [2.45, 2.75) is 31.7 Å². The summed E-state index contributed by atoms with van der Waals surface area (Å²) < 4.78 is 0. The summed E-state index contributed by atoms with van der Waals surface area (Å²) in [5.41, 5.74) is 2.03. The van der Waals surface area contributed by atoms with Crippen molar-refractivity contribution in [1.82, 2.24) is 4.90 Å². The van der Waals surface area contributed by atoms with Crippen LogP contribution in [0.25, 0.3) is 0 Å². The molecule has 3 rings (SSSR count). The molecule has 1 saturated heterocycles. The number of amides is 1. The third-order valence-electron chi connectivity index (χ3n) is 4.73. The van der Waals surface area contributed by atoms with E-state index in [-0.39, 0.29) is 23.6 Å². The van der Waals surface area contributed by atoms with Crippen LogP contribution in [-0.4, -0.2) is 22.3 Å². The lowest BCUT2D eigenvalue weighted by atomic mass is 9.88. The molecule has 1 aliphatic heterocycles. The summed E-state index contributed by atoms with van der Waals surface area (Å²) in [6, 6.07) is 16.4. The van der Waals surface area contributed by atoms with Crippen molar-refractivity contribution in [3.05, 3.63) is 75.8 Å². The van der Waals surface area contributed by atoms with Crippen LogP contribution in [0.4, 0.5) is 5.69 Å². The number of hydrogen-bond acceptors (Lipinski definition) is 3. The summed E-state index contributed by atoms with van der Waals surface area (Å²) in [6.45, 7) is 2.80. The maximum Gasteiger partial charge on any atom is 0.269 e. The zero-order valence-corrected chi connectivity index (χ0v) is 13.6. The number of hydrogen-bond donors (Lipinski definition) is 0. The van der Waals surface area contributed by atoms with E-state index in [1.54, 1.807) is 12.1 Å². The molecule has 2 aromatic carbocycles. The largest absolute Gasteiger partial charge is 0.335 e. The highest BCUT2D eigenvalue weighted by Crippen LogP contribution is 2.33. The van der Waals surface area contributed by atoms with E-state index in [4.69, 9.17) is 0 Å². The minimum Gasteiger partial charge on any atom is -0.335 e. The van der Waals surface area contributed by atoms with Crippen LogP contribution in [0.15, 0.2) is 54.6 Å². The van der Waals surface area contributed by atoms with Gasteiger partial charge >= 0.3 is 0 Å². The Balaban J connectivity index is 1.81. The van der Waals surface area contributed by atoms with Gasteiger partial charge in [-0.2, -0.15) is 0 Å². The molecule has 1 unspecified atom stereocenters. The first kappa shape index (κ1) is 16.2. The van der Waals surface area contributed by atoms with Crippen LogP contribution in [0.2, 0.25) is 0 Å². The van der Waals surface area contributed by atoms with Crippen LogP contribution in [0.3, 0.4) is 0 Å². The number of likely N-dealkylation sites (tertiary alicyclic amines) is 1. The van der Waals surface area contributed by atoms with Crippen molar-refractivity contribution in [2.75, 3.05) is 6.54 Å². The number of rotatable bonds is 4. The number of benzene rings is 2. The van der Waals surface area contributed by atoms with Crippen LogP contribution in [0, 0.1) is 10.1 Å². The molecular weight excluding hydrogens is 304 g/mol. The zero-order valence-electron chi connectivity index (χ0n) is 13.6. The quantitative estimate of drug-likeness (QED) is 0.629. The average molecular weight is 324 g/mol. The van der Waals surface area contributed by atoms with Crippen molar-refractivity contribution >= 4 is 11.6 Å². The van der Waals surface area contributed by atoms with Crippen molar-refractivity contribution in [2.24, 2.45) is 0 Å². The van der Waals surface area contributed by atoms with E-state index in [1.165, 1.54) is 12.1 Å². The number of piperidine rings is 1. The summed E-state index contributed by atoms with van der Waals surface area (Å²) in [5, 5.41) is 10.8. The Bertz CT molecular complexity index is 728. The summed E-state index contributed by atoms with van der Waals surface area (Å²) in [6.07, 6.45) is 1.72. The van der Waals surface area contributed by atoms with E-state index in [1.807, 2.05) is 42.2 Å². The third-order valence-corrected chi connectivity index (χ3v) is 4.73. The van der Waals surface area contributed by atoms with Crippen molar-refractivity contribution in [3.8, 4) is 0 Å². The first-order chi connectivity index (χ1) is 11.6. The van der Waals surface area contributed by atoms with E-state index in [2.05, 4.69) is 0 Å². The average Bonchev–Trinajstić information content (AvgIpc) is 2.62. The van der Waals surface area contributed by atoms with Gasteiger partial charge in [-0.15, -0.1) is 0 Å². The van der Waals surface area contributed by atoms with Gasteiger partial charge in [-0.3, -0.25) is 14.9 Å². The molecule has 1 heterocycles. The fourth-order valence-electron chi connectivity index (χ4n) is 3.33. The van der Waals surface area contributed by atoms with Gasteiger partial charge in [0, 0.05) is 18.7 Å². The number of non-ortho nitro benzene ring substituents is 1. The van der Waals surface area contributed by atoms with E-state index >= 15 is 0 Å². The fraction of sp³-hybridized carbons (Fsp3) is 0.316. The van der Waals surface area contributed by atoms with Gasteiger partial charge in [0.1, 0.15) is 0 Å². The molecular formula is C19H20N2O3. The van der Waals surface area contributed by atoms with Gasteiger partial charge in [0.05, 0.1) is 16.9 Å². The predicted molar refractivity (Wildman–Crippen MR) is 91.6 cm³/mol. The first-order valence-corrected chi connectivity index (χ1v) is 8.17. The lowest BCUT2D eigenvalue weighted by Crippen LogP contribution is -2.41. The molecule has 1 fully saturated rings. The lowest BCUT2D eigenvalue weighted by molar-refractivity contribution is -0.384. The first-order valence-electron chi connectivity index (χ1n) is 8.17. The number of nitro benzene ring substituents is 1. The molecule has 2 aromatic rings. The Morgan fingerprint density at radius 3 is 2.42 bits per heavy atom. The Hall–Kier alpha value is -2.69.